The van der Waals surface area contributed by atoms with E-state index < -0.39 is 6.10 Å². The van der Waals surface area contributed by atoms with Gasteiger partial charge in [-0.05, 0) is 36.8 Å². The van der Waals surface area contributed by atoms with E-state index in [9.17, 15) is 5.11 Å². The lowest BCUT2D eigenvalue weighted by Crippen LogP contribution is -2.11. The van der Waals surface area contributed by atoms with Crippen LogP contribution in [0.25, 0.3) is 11.5 Å². The minimum atomic E-state index is -0.863. The Labute approximate surface area is 167 Å². The molecule has 0 amide bonds. The first-order valence-electron chi connectivity index (χ1n) is 8.99. The summed E-state index contributed by atoms with van der Waals surface area (Å²) in [4.78, 5) is 9.76. The molecule has 0 fully saturated rings. The van der Waals surface area contributed by atoms with E-state index in [4.69, 9.17) is 9.15 Å². The molecule has 0 aliphatic heterocycles. The molecule has 1 N–H and O–H groups in total. The molecule has 5 nitrogen and oxygen atoms in total. The number of nitrogens with zero attached hydrogens (tertiary/aromatic N) is 2. The maximum atomic E-state index is 10.5. The lowest BCUT2D eigenvalue weighted by atomic mass is 10.1. The summed E-state index contributed by atoms with van der Waals surface area (Å²) in [7, 11) is 0. The molecule has 4 aromatic rings. The van der Waals surface area contributed by atoms with Crippen LogP contribution in [0.15, 0.2) is 70.7 Å². The lowest BCUT2D eigenvalue weighted by Gasteiger charge is -2.11. The number of aliphatic hydroxyl groups excluding tert-OH is 1. The van der Waals surface area contributed by atoms with Gasteiger partial charge in [-0.2, -0.15) is 0 Å². The molecular formula is C22H20N2O3S. The summed E-state index contributed by atoms with van der Waals surface area (Å²) in [6.07, 6.45) is 1.88. The van der Waals surface area contributed by atoms with Crippen molar-refractivity contribution in [3.05, 3.63) is 88.2 Å². The molecule has 6 heteroatoms. The van der Waals surface area contributed by atoms with Crippen LogP contribution >= 0.6 is 11.3 Å². The molecule has 28 heavy (non-hydrogen) atoms. The third kappa shape index (κ3) is 4.30. The summed E-state index contributed by atoms with van der Waals surface area (Å²) < 4.78 is 11.4. The Bertz CT molecular complexity index is 1010. The van der Waals surface area contributed by atoms with E-state index in [2.05, 4.69) is 9.97 Å². The number of ether oxygens (including phenoxy) is 1. The molecule has 0 spiro atoms. The van der Waals surface area contributed by atoms with Gasteiger partial charge in [0.2, 0.25) is 5.89 Å². The second kappa shape index (κ2) is 8.37. The maximum absolute atomic E-state index is 10.5. The molecule has 1 atom stereocenters. The average molecular weight is 392 g/mol. The molecular weight excluding hydrogens is 372 g/mol. The molecule has 0 saturated heterocycles. The summed E-state index contributed by atoms with van der Waals surface area (Å²) in [5.74, 6) is 1.80. The van der Waals surface area contributed by atoms with E-state index in [1.165, 1.54) is 10.4 Å². The van der Waals surface area contributed by atoms with Crippen LogP contribution in [-0.2, 0) is 6.42 Å². The standard InChI is InChI=1S/C22H20N2O3S/c1-15-21(24-22(27-15)17-5-3-2-4-6-17)20(25)13-26-18-9-7-16(8-10-18)11-19-12-23-14-28-19/h2-10,12,14,20,25H,11,13H2,1H3. The van der Waals surface area contributed by atoms with Crippen molar-refractivity contribution < 1.29 is 14.3 Å². The Morgan fingerprint density at radius 2 is 1.89 bits per heavy atom. The number of hydrogen-bond acceptors (Lipinski definition) is 6. The van der Waals surface area contributed by atoms with Gasteiger partial charge in [-0.25, -0.2) is 4.98 Å². The lowest BCUT2D eigenvalue weighted by molar-refractivity contribution is 0.104. The quantitative estimate of drug-likeness (QED) is 0.489. The number of rotatable bonds is 7. The van der Waals surface area contributed by atoms with Gasteiger partial charge < -0.3 is 14.3 Å². The van der Waals surface area contributed by atoms with Crippen molar-refractivity contribution in [3.63, 3.8) is 0 Å². The predicted molar refractivity (Wildman–Crippen MR) is 108 cm³/mol. The fourth-order valence-corrected chi connectivity index (χ4v) is 3.54. The predicted octanol–water partition coefficient (Wildman–Crippen LogP) is 4.81. The number of oxazole rings is 1. The summed E-state index contributed by atoms with van der Waals surface area (Å²) in [6.45, 7) is 1.90. The second-order valence-corrected chi connectivity index (χ2v) is 7.41. The highest BCUT2D eigenvalue weighted by atomic mass is 32.1. The van der Waals surface area contributed by atoms with Crippen LogP contribution in [0, 0.1) is 6.92 Å². The van der Waals surface area contributed by atoms with Crippen LogP contribution in [0.3, 0.4) is 0 Å². The normalized spacial score (nSPS) is 12.1. The maximum Gasteiger partial charge on any atom is 0.226 e. The molecule has 0 aliphatic carbocycles. The van der Waals surface area contributed by atoms with Crippen molar-refractivity contribution in [2.24, 2.45) is 0 Å². The second-order valence-electron chi connectivity index (χ2n) is 6.44. The van der Waals surface area contributed by atoms with Crippen LogP contribution < -0.4 is 4.74 Å². The third-order valence-corrected chi connectivity index (χ3v) is 5.14. The molecule has 1 unspecified atom stereocenters. The van der Waals surface area contributed by atoms with Crippen molar-refractivity contribution in [2.75, 3.05) is 6.61 Å². The topological polar surface area (TPSA) is 68.4 Å². The summed E-state index contributed by atoms with van der Waals surface area (Å²) in [6, 6.07) is 17.5. The first-order valence-corrected chi connectivity index (χ1v) is 9.87. The fourth-order valence-electron chi connectivity index (χ4n) is 2.91. The van der Waals surface area contributed by atoms with Crippen molar-refractivity contribution in [2.45, 2.75) is 19.4 Å². The van der Waals surface area contributed by atoms with E-state index in [0.29, 0.717) is 23.1 Å². The zero-order valence-electron chi connectivity index (χ0n) is 15.4. The first kappa shape index (κ1) is 18.4. The molecule has 0 radical (unpaired) electrons. The SMILES string of the molecule is Cc1oc(-c2ccccc2)nc1C(O)COc1ccc(Cc2cncs2)cc1. The molecule has 2 heterocycles. The van der Waals surface area contributed by atoms with Crippen LogP contribution in [0.5, 0.6) is 5.75 Å². The zero-order chi connectivity index (χ0) is 19.3. The van der Waals surface area contributed by atoms with Crippen molar-refractivity contribution in [1.82, 2.24) is 9.97 Å². The van der Waals surface area contributed by atoms with Crippen molar-refractivity contribution >= 4 is 11.3 Å². The highest BCUT2D eigenvalue weighted by Crippen LogP contribution is 2.26. The average Bonchev–Trinajstić information content (AvgIpc) is 3.37. The number of aliphatic hydroxyl groups is 1. The van der Waals surface area contributed by atoms with Gasteiger partial charge in [0.05, 0.1) is 5.51 Å². The Kier molecular flexibility index (Phi) is 5.50. The Balaban J connectivity index is 1.38. The molecule has 0 saturated carbocycles. The van der Waals surface area contributed by atoms with Gasteiger partial charge in [0.25, 0.3) is 0 Å². The van der Waals surface area contributed by atoms with Gasteiger partial charge >= 0.3 is 0 Å². The van der Waals surface area contributed by atoms with Gasteiger partial charge in [0.1, 0.15) is 29.9 Å². The van der Waals surface area contributed by atoms with E-state index in [1.54, 1.807) is 18.3 Å². The van der Waals surface area contributed by atoms with Crippen molar-refractivity contribution in [1.29, 1.82) is 0 Å². The number of hydrogen-bond donors (Lipinski definition) is 1. The molecule has 2 aromatic heterocycles. The summed E-state index contributed by atoms with van der Waals surface area (Å²) in [5.41, 5.74) is 4.41. The van der Waals surface area contributed by atoms with E-state index in [0.717, 1.165) is 12.0 Å². The van der Waals surface area contributed by atoms with Gasteiger partial charge in [-0.15, -0.1) is 11.3 Å². The van der Waals surface area contributed by atoms with E-state index >= 15 is 0 Å². The Morgan fingerprint density at radius 3 is 2.61 bits per heavy atom. The third-order valence-electron chi connectivity index (χ3n) is 4.36. The van der Waals surface area contributed by atoms with Gasteiger partial charge in [0, 0.05) is 23.1 Å². The van der Waals surface area contributed by atoms with E-state index in [1.807, 2.05) is 66.3 Å². The van der Waals surface area contributed by atoms with E-state index in [-0.39, 0.29) is 6.61 Å². The molecule has 0 bridgehead atoms. The largest absolute Gasteiger partial charge is 0.490 e. The zero-order valence-corrected chi connectivity index (χ0v) is 16.2. The number of benzene rings is 2. The number of aryl methyl sites for hydroxylation is 1. The molecule has 4 rings (SSSR count). The minimum Gasteiger partial charge on any atom is -0.490 e. The highest BCUT2D eigenvalue weighted by Gasteiger charge is 2.19. The highest BCUT2D eigenvalue weighted by molar-refractivity contribution is 7.09. The Hall–Kier alpha value is -2.96. The van der Waals surface area contributed by atoms with Crippen LogP contribution in [0.4, 0.5) is 0 Å². The van der Waals surface area contributed by atoms with Crippen LogP contribution in [-0.4, -0.2) is 21.7 Å². The molecule has 0 aliphatic rings. The number of aromatic nitrogens is 2. The summed E-state index contributed by atoms with van der Waals surface area (Å²) >= 11 is 1.64. The van der Waals surface area contributed by atoms with Crippen molar-refractivity contribution in [3.8, 4) is 17.2 Å². The van der Waals surface area contributed by atoms with Crippen LogP contribution in [0.1, 0.15) is 28.0 Å². The summed E-state index contributed by atoms with van der Waals surface area (Å²) in [5, 5.41) is 10.5. The monoisotopic (exact) mass is 392 g/mol. The van der Waals surface area contributed by atoms with Crippen LogP contribution in [0.2, 0.25) is 0 Å². The number of thiazole rings is 1. The smallest absolute Gasteiger partial charge is 0.226 e. The Morgan fingerprint density at radius 1 is 1.11 bits per heavy atom. The van der Waals surface area contributed by atoms with Gasteiger partial charge in [-0.3, -0.25) is 4.98 Å². The molecule has 142 valence electrons. The first-order chi connectivity index (χ1) is 13.7. The van der Waals surface area contributed by atoms with Gasteiger partial charge in [-0.1, -0.05) is 30.3 Å². The van der Waals surface area contributed by atoms with Gasteiger partial charge in [0.15, 0.2) is 0 Å². The fraction of sp³-hybridized carbons (Fsp3) is 0.182. The molecule has 2 aromatic carbocycles. The minimum absolute atomic E-state index is 0.107.